The van der Waals surface area contributed by atoms with Gasteiger partial charge in [-0.2, -0.15) is 0 Å². The number of hydrogen-bond acceptors (Lipinski definition) is 6. The van der Waals surface area contributed by atoms with E-state index in [9.17, 15) is 0 Å². The van der Waals surface area contributed by atoms with E-state index in [2.05, 4.69) is 351 Å². The third-order valence-corrected chi connectivity index (χ3v) is 22.4. The maximum absolute atomic E-state index is 5.75. The summed E-state index contributed by atoms with van der Waals surface area (Å²) >= 11 is 7.77. The molecule has 510 valence electrons. The van der Waals surface area contributed by atoms with Gasteiger partial charge in [0.25, 0.3) is 0 Å². The maximum atomic E-state index is 5.75. The summed E-state index contributed by atoms with van der Waals surface area (Å²) in [5, 5.41) is 3.26. The molecular formula is C92H86Br2N8Zn. The summed E-state index contributed by atoms with van der Waals surface area (Å²) in [5.74, 6) is 1.85. The SMILES string of the molecule is CC(C)(C)c1ccc(-c2cc3c(cc2-c2ccc(C(C)(C)C)cc2)-c2nc-3nc3[n-]c(nc4nc(nc5[n-]c(n2)c2cc(-c6ccc(C(C)(C)C)cc6)c(-c6ccc(C(C)(C)C)cc6)cc52)-c2cc(Br)c(Br)cc2-4)c2cc(-c4ccc(C(C)(C)C)cc4)c(-c4ccc(C(C)(C)C)cc4)cc32)cc1.[Zn+2]. The number of halogens is 2. The molecule has 0 N–H and O–H groups in total. The predicted octanol–water partition coefficient (Wildman–Crippen LogP) is 25.4. The Kier molecular flexibility index (Phi) is 17.8. The third kappa shape index (κ3) is 13.5. The van der Waals surface area contributed by atoms with E-state index in [1.807, 2.05) is 0 Å². The van der Waals surface area contributed by atoms with Crippen molar-refractivity contribution in [1.29, 1.82) is 0 Å². The fourth-order valence-electron chi connectivity index (χ4n) is 14.1. The van der Waals surface area contributed by atoms with Crippen LogP contribution in [0.5, 0.6) is 0 Å². The van der Waals surface area contributed by atoms with Crippen molar-refractivity contribution in [2.75, 3.05) is 0 Å². The minimum Gasteiger partial charge on any atom is -0.357 e. The Bertz CT molecular complexity index is 5360. The number of benzene rings is 10. The zero-order valence-corrected chi connectivity index (χ0v) is 68.7. The van der Waals surface area contributed by atoms with Crippen molar-refractivity contribution < 1.29 is 19.5 Å². The molecule has 8 nitrogen and oxygen atoms in total. The van der Waals surface area contributed by atoms with Gasteiger partial charge in [-0.15, -0.1) is 0 Å². The first-order chi connectivity index (χ1) is 48.1. The number of fused-ring (bicyclic) bond motifs is 20. The van der Waals surface area contributed by atoms with Crippen LogP contribution in [0.25, 0.3) is 156 Å². The zero-order chi connectivity index (χ0) is 72.1. The third-order valence-electron chi connectivity index (χ3n) is 20.5. The van der Waals surface area contributed by atoms with Crippen LogP contribution in [-0.2, 0) is 52.0 Å². The minimum atomic E-state index is -0.0508. The molecule has 0 atom stereocenters. The van der Waals surface area contributed by atoms with Crippen LogP contribution in [0.2, 0.25) is 0 Å². The van der Waals surface area contributed by atoms with Gasteiger partial charge in [0.15, 0.2) is 0 Å². The zero-order valence-electron chi connectivity index (χ0n) is 62.5. The van der Waals surface area contributed by atoms with E-state index in [1.165, 1.54) is 33.4 Å². The van der Waals surface area contributed by atoms with Crippen LogP contribution in [0.3, 0.4) is 0 Å². The van der Waals surface area contributed by atoms with Crippen LogP contribution in [0.1, 0.15) is 158 Å². The van der Waals surface area contributed by atoms with Crippen LogP contribution in [0.15, 0.2) is 203 Å². The molecule has 3 aromatic heterocycles. The van der Waals surface area contributed by atoms with Gasteiger partial charge in [-0.25, -0.2) is 9.97 Å². The smallest absolute Gasteiger partial charge is 0.357 e. The van der Waals surface area contributed by atoms with Crippen molar-refractivity contribution >= 4 is 76.0 Å². The molecule has 0 saturated heterocycles. The van der Waals surface area contributed by atoms with E-state index in [0.717, 1.165) is 120 Å². The average molecular weight is 1530 g/mol. The summed E-state index contributed by atoms with van der Waals surface area (Å²) in [6, 6.07) is 71.9. The molecule has 11 heteroatoms. The predicted molar refractivity (Wildman–Crippen MR) is 434 cm³/mol. The second kappa shape index (κ2) is 25.8. The van der Waals surface area contributed by atoms with Crippen molar-refractivity contribution in [3.8, 4) is 112 Å². The van der Waals surface area contributed by atoms with E-state index >= 15 is 0 Å². The van der Waals surface area contributed by atoms with Crippen LogP contribution in [-0.4, -0.2) is 29.9 Å². The fourth-order valence-corrected chi connectivity index (χ4v) is 14.8. The maximum Gasteiger partial charge on any atom is 2.00 e. The Labute approximate surface area is 636 Å². The number of hydrogen-bond donors (Lipinski definition) is 0. The van der Waals surface area contributed by atoms with Gasteiger partial charge in [0.2, 0.25) is 0 Å². The van der Waals surface area contributed by atoms with Crippen LogP contribution < -0.4 is 9.97 Å². The summed E-state index contributed by atoms with van der Waals surface area (Å²) in [5.41, 5.74) is 25.0. The van der Waals surface area contributed by atoms with Crippen molar-refractivity contribution in [3.63, 3.8) is 0 Å². The van der Waals surface area contributed by atoms with E-state index in [4.69, 9.17) is 39.9 Å². The quantitative estimate of drug-likeness (QED) is 0.152. The number of rotatable bonds is 6. The molecule has 0 radical (unpaired) electrons. The van der Waals surface area contributed by atoms with Gasteiger partial charge in [0.1, 0.15) is 0 Å². The first-order valence-electron chi connectivity index (χ1n) is 35.5. The van der Waals surface area contributed by atoms with E-state index in [1.54, 1.807) is 0 Å². The van der Waals surface area contributed by atoms with Crippen LogP contribution in [0.4, 0.5) is 0 Å². The molecule has 8 bridgehead atoms. The molecule has 2 aliphatic rings. The standard InChI is InChI=1S/C92H86Br2N8.Zn/c1-87(2,3)57-31-19-51(20-32-57)63-43-69-70(44-64(63)52-21-33-58(34-22-52)88(4,5)6)80-95-79(69)96-81-71-45-65(53-23-35-59(36-24-53)89(7,8)9)67(55-27-39-61(40-28-55)91(13,14)15)47-73(71)83(98-81)100-85-75-49-77(93)78(94)50-76(75)86(102-85)101-84-74-48-68(56-29-41-62(42-30-56)92(16,17)18)66(46-72(74)82(97-80)99-84)54-25-37-60(38-26-54)90(10,11)12;/h19-50H,1-18H3;/q-2;+2. The minimum absolute atomic E-state index is 0. The Morgan fingerprint density at radius 2 is 0.379 bits per heavy atom. The summed E-state index contributed by atoms with van der Waals surface area (Å²) in [7, 11) is 0. The number of nitrogens with zero attached hydrogens (tertiary/aromatic N) is 8. The topological polar surface area (TPSA) is 106 Å². The Balaban J connectivity index is 0.00000897. The van der Waals surface area contributed by atoms with Crippen molar-refractivity contribution in [3.05, 3.63) is 236 Å². The average Bonchev–Trinajstić information content (AvgIpc) is 1.61. The summed E-state index contributed by atoms with van der Waals surface area (Å²) in [6.07, 6.45) is 0. The van der Waals surface area contributed by atoms with Crippen LogP contribution in [0, 0.1) is 0 Å². The van der Waals surface area contributed by atoms with Crippen molar-refractivity contribution in [2.45, 2.75) is 157 Å². The molecule has 0 amide bonds. The van der Waals surface area contributed by atoms with Gasteiger partial charge < -0.3 is 29.9 Å². The largest absolute Gasteiger partial charge is 2.00 e. The first kappa shape index (κ1) is 71.1. The van der Waals surface area contributed by atoms with Gasteiger partial charge in [-0.3, -0.25) is 0 Å². The van der Waals surface area contributed by atoms with Gasteiger partial charge in [0, 0.05) is 53.8 Å². The fraction of sp³-hybridized carbons (Fsp3) is 0.261. The number of aromatic nitrogens is 8. The molecule has 0 unspecified atom stereocenters. The van der Waals surface area contributed by atoms with E-state index < -0.39 is 0 Å². The Hall–Kier alpha value is -8.86. The molecule has 13 aromatic rings. The molecular weight excluding hydrogens is 1440 g/mol. The van der Waals surface area contributed by atoms with E-state index in [-0.39, 0.29) is 52.0 Å². The molecule has 2 aliphatic heterocycles. The van der Waals surface area contributed by atoms with Gasteiger partial charge in [-0.05, 0) is 235 Å². The molecule has 5 heterocycles. The molecule has 0 fully saturated rings. The van der Waals surface area contributed by atoms with Gasteiger partial charge in [-0.1, -0.05) is 270 Å². The molecule has 103 heavy (non-hydrogen) atoms. The molecule has 0 aliphatic carbocycles. The molecule has 10 aromatic carbocycles. The van der Waals surface area contributed by atoms with Crippen molar-refractivity contribution in [1.82, 2.24) is 39.9 Å². The summed E-state index contributed by atoms with van der Waals surface area (Å²) < 4.78 is 1.69. The molecule has 0 spiro atoms. The Morgan fingerprint density at radius 3 is 0.553 bits per heavy atom. The van der Waals surface area contributed by atoms with Crippen LogP contribution >= 0.6 is 31.9 Å². The van der Waals surface area contributed by atoms with Gasteiger partial charge >= 0.3 is 19.5 Å². The molecule has 0 saturated carbocycles. The summed E-state index contributed by atoms with van der Waals surface area (Å²) in [6.45, 7) is 40.7. The molecule has 15 rings (SSSR count). The van der Waals surface area contributed by atoms with E-state index in [0.29, 0.717) is 45.9 Å². The second-order valence-corrected chi connectivity index (χ2v) is 35.8. The monoisotopic (exact) mass is 1520 g/mol. The normalized spacial score (nSPS) is 12.8. The summed E-state index contributed by atoms with van der Waals surface area (Å²) in [4.78, 5) is 44.9. The van der Waals surface area contributed by atoms with Crippen molar-refractivity contribution in [2.24, 2.45) is 0 Å². The van der Waals surface area contributed by atoms with Gasteiger partial charge in [0.05, 0.1) is 23.3 Å². The Morgan fingerprint density at radius 1 is 0.214 bits per heavy atom. The second-order valence-electron chi connectivity index (χ2n) is 34.1. The first-order valence-corrected chi connectivity index (χ1v) is 37.1.